The minimum absolute atomic E-state index is 0.108. The van der Waals surface area contributed by atoms with Gasteiger partial charge in [0.1, 0.15) is 0 Å². The number of aromatic nitrogens is 1. The Balaban J connectivity index is 1.97. The molecule has 3 rings (SSSR count). The van der Waals surface area contributed by atoms with Gasteiger partial charge >= 0.3 is 0 Å². The number of likely N-dealkylation sites (N-methyl/N-ethyl adjacent to an activating group) is 1. The van der Waals surface area contributed by atoms with E-state index in [4.69, 9.17) is 16.6 Å². The van der Waals surface area contributed by atoms with Gasteiger partial charge in [-0.25, -0.2) is 4.98 Å². The van der Waals surface area contributed by atoms with E-state index in [-0.39, 0.29) is 5.91 Å². The Bertz CT molecular complexity index is 936. The van der Waals surface area contributed by atoms with Gasteiger partial charge in [0.15, 0.2) is 5.13 Å². The fourth-order valence-electron chi connectivity index (χ4n) is 2.98. The molecule has 0 spiro atoms. The lowest BCUT2D eigenvalue weighted by atomic mass is 10.2. The minimum Gasteiger partial charge on any atom is -0.302 e. The molecule has 2 aromatic carbocycles. The van der Waals surface area contributed by atoms with Gasteiger partial charge in [-0.15, -0.1) is 0 Å². The Morgan fingerprint density at radius 2 is 1.85 bits per heavy atom. The van der Waals surface area contributed by atoms with Crippen molar-refractivity contribution < 1.29 is 4.79 Å². The van der Waals surface area contributed by atoms with Gasteiger partial charge in [0.05, 0.1) is 20.8 Å². The molecular weight excluding hydrogens is 378 g/mol. The molecule has 0 saturated carbocycles. The Hall–Kier alpha value is -1.95. The van der Waals surface area contributed by atoms with Gasteiger partial charge in [-0.1, -0.05) is 55.0 Å². The van der Waals surface area contributed by atoms with Crippen molar-refractivity contribution in [1.82, 2.24) is 9.88 Å². The Morgan fingerprint density at radius 1 is 1.11 bits per heavy atom. The van der Waals surface area contributed by atoms with Crippen molar-refractivity contribution in [1.29, 1.82) is 0 Å². The van der Waals surface area contributed by atoms with Gasteiger partial charge < -0.3 is 4.90 Å². The molecule has 4 nitrogen and oxygen atoms in total. The summed E-state index contributed by atoms with van der Waals surface area (Å²) >= 11 is 7.84. The lowest BCUT2D eigenvalue weighted by Crippen LogP contribution is -2.39. The third-order valence-corrected chi connectivity index (χ3v) is 6.02. The predicted molar refractivity (Wildman–Crippen MR) is 115 cm³/mol. The number of amides is 1. The smallest absolute Gasteiger partial charge is 0.261 e. The summed E-state index contributed by atoms with van der Waals surface area (Å²) in [4.78, 5) is 22.1. The molecule has 0 aliphatic heterocycles. The number of carbonyl (C=O) groups excluding carboxylic acids is 1. The third-order valence-electron chi connectivity index (χ3n) is 4.65. The fraction of sp³-hybridized carbons (Fsp3) is 0.333. The molecule has 0 N–H and O–H groups in total. The van der Waals surface area contributed by atoms with Gasteiger partial charge in [-0.2, -0.15) is 0 Å². The number of carbonyl (C=O) groups is 1. The van der Waals surface area contributed by atoms with Crippen molar-refractivity contribution in [3.63, 3.8) is 0 Å². The average molecular weight is 402 g/mol. The molecule has 0 fully saturated rings. The first-order valence-corrected chi connectivity index (χ1v) is 10.4. The number of thiazole rings is 1. The largest absolute Gasteiger partial charge is 0.302 e. The van der Waals surface area contributed by atoms with Crippen molar-refractivity contribution in [2.75, 3.05) is 31.1 Å². The van der Waals surface area contributed by atoms with Gasteiger partial charge in [0.2, 0.25) is 0 Å². The molecule has 0 aliphatic carbocycles. The SMILES string of the molecule is CCN(CC)CCN(C(=O)c1ccccc1Cl)c1nc2ccc(C)cc2s1. The first kappa shape index (κ1) is 19.8. The molecule has 0 atom stereocenters. The second-order valence-corrected chi connectivity index (χ2v) is 7.85. The molecule has 1 amide bonds. The van der Waals surface area contributed by atoms with E-state index >= 15 is 0 Å². The summed E-state index contributed by atoms with van der Waals surface area (Å²) in [6.45, 7) is 9.58. The van der Waals surface area contributed by atoms with Crippen LogP contribution in [0.25, 0.3) is 10.2 Å². The van der Waals surface area contributed by atoms with E-state index in [1.807, 2.05) is 24.3 Å². The molecule has 27 heavy (non-hydrogen) atoms. The quantitative estimate of drug-likeness (QED) is 0.542. The molecule has 0 bridgehead atoms. The van der Waals surface area contributed by atoms with E-state index in [0.717, 1.165) is 29.9 Å². The summed E-state index contributed by atoms with van der Waals surface area (Å²) in [7, 11) is 0. The summed E-state index contributed by atoms with van der Waals surface area (Å²) < 4.78 is 1.09. The lowest BCUT2D eigenvalue weighted by molar-refractivity contribution is 0.0984. The van der Waals surface area contributed by atoms with Crippen LogP contribution in [0.5, 0.6) is 0 Å². The maximum absolute atomic E-state index is 13.3. The Labute approximate surface area is 169 Å². The number of fused-ring (bicyclic) bond motifs is 1. The summed E-state index contributed by atoms with van der Waals surface area (Å²) in [6, 6.07) is 13.4. The molecule has 1 heterocycles. The molecule has 1 aromatic heterocycles. The molecule has 0 saturated heterocycles. The van der Waals surface area contributed by atoms with Crippen LogP contribution in [0.15, 0.2) is 42.5 Å². The Kier molecular flexibility index (Phi) is 6.47. The zero-order valence-electron chi connectivity index (χ0n) is 15.9. The van der Waals surface area contributed by atoms with Crippen LogP contribution in [0.4, 0.5) is 5.13 Å². The predicted octanol–water partition coefficient (Wildman–Crippen LogP) is 5.25. The van der Waals surface area contributed by atoms with E-state index in [0.29, 0.717) is 22.3 Å². The highest BCUT2D eigenvalue weighted by atomic mass is 35.5. The molecule has 3 aromatic rings. The van der Waals surface area contributed by atoms with E-state index in [1.54, 1.807) is 28.4 Å². The first-order chi connectivity index (χ1) is 13.0. The molecule has 0 aliphatic rings. The van der Waals surface area contributed by atoms with Crippen molar-refractivity contribution in [2.24, 2.45) is 0 Å². The number of hydrogen-bond acceptors (Lipinski definition) is 4. The number of hydrogen-bond donors (Lipinski definition) is 0. The Morgan fingerprint density at radius 3 is 2.56 bits per heavy atom. The van der Waals surface area contributed by atoms with Crippen molar-refractivity contribution in [3.8, 4) is 0 Å². The van der Waals surface area contributed by atoms with E-state index in [2.05, 4.69) is 31.7 Å². The molecule has 6 heteroatoms. The summed E-state index contributed by atoms with van der Waals surface area (Å²) in [6.07, 6.45) is 0. The highest BCUT2D eigenvalue weighted by Crippen LogP contribution is 2.31. The van der Waals surface area contributed by atoms with Crippen LogP contribution >= 0.6 is 22.9 Å². The maximum atomic E-state index is 13.3. The van der Waals surface area contributed by atoms with Crippen molar-refractivity contribution in [2.45, 2.75) is 20.8 Å². The second-order valence-electron chi connectivity index (χ2n) is 6.43. The highest BCUT2D eigenvalue weighted by molar-refractivity contribution is 7.22. The van der Waals surface area contributed by atoms with Crippen LogP contribution in [0, 0.1) is 6.92 Å². The van der Waals surface area contributed by atoms with E-state index in [1.165, 1.54) is 5.56 Å². The normalized spacial score (nSPS) is 11.3. The zero-order valence-corrected chi connectivity index (χ0v) is 17.5. The van der Waals surface area contributed by atoms with Gasteiger partial charge in [0, 0.05) is 13.1 Å². The number of halogens is 1. The van der Waals surface area contributed by atoms with Crippen LogP contribution in [-0.4, -0.2) is 42.0 Å². The number of anilines is 1. The fourth-order valence-corrected chi connectivity index (χ4v) is 4.29. The van der Waals surface area contributed by atoms with Crippen molar-refractivity contribution >= 4 is 44.2 Å². The standard InChI is InChI=1S/C21H24ClN3OS/c1-4-24(5-2)12-13-25(20(26)16-8-6-7-9-17(16)22)21-23-18-11-10-15(3)14-19(18)27-21/h6-11,14H,4-5,12-13H2,1-3H3. The van der Waals surface area contributed by atoms with Crippen LogP contribution in [0.3, 0.4) is 0 Å². The molecule has 0 unspecified atom stereocenters. The monoisotopic (exact) mass is 401 g/mol. The minimum atomic E-state index is -0.108. The lowest BCUT2D eigenvalue weighted by Gasteiger charge is -2.25. The summed E-state index contributed by atoms with van der Waals surface area (Å²) in [5.74, 6) is -0.108. The highest BCUT2D eigenvalue weighted by Gasteiger charge is 2.23. The van der Waals surface area contributed by atoms with Crippen LogP contribution < -0.4 is 4.90 Å². The van der Waals surface area contributed by atoms with E-state index in [9.17, 15) is 4.79 Å². The van der Waals surface area contributed by atoms with Crippen LogP contribution in [-0.2, 0) is 0 Å². The van der Waals surface area contributed by atoms with Crippen molar-refractivity contribution in [3.05, 3.63) is 58.6 Å². The first-order valence-electron chi connectivity index (χ1n) is 9.19. The van der Waals surface area contributed by atoms with Gasteiger partial charge in [0.25, 0.3) is 5.91 Å². The molecule has 0 radical (unpaired) electrons. The second kappa shape index (κ2) is 8.83. The molecular formula is C21H24ClN3OS. The zero-order chi connectivity index (χ0) is 19.4. The van der Waals surface area contributed by atoms with Crippen LogP contribution in [0.1, 0.15) is 29.8 Å². The number of aryl methyl sites for hydroxylation is 1. The summed E-state index contributed by atoms with van der Waals surface area (Å²) in [5.41, 5.74) is 2.61. The topological polar surface area (TPSA) is 36.4 Å². The number of benzene rings is 2. The number of rotatable bonds is 7. The third kappa shape index (κ3) is 4.49. The van der Waals surface area contributed by atoms with Gasteiger partial charge in [-0.05, 0) is 49.8 Å². The molecule has 142 valence electrons. The average Bonchev–Trinajstić information content (AvgIpc) is 3.08. The van der Waals surface area contributed by atoms with E-state index < -0.39 is 0 Å². The maximum Gasteiger partial charge on any atom is 0.261 e. The number of nitrogens with zero attached hydrogens (tertiary/aromatic N) is 3. The van der Waals surface area contributed by atoms with Gasteiger partial charge in [-0.3, -0.25) is 9.69 Å². The summed E-state index contributed by atoms with van der Waals surface area (Å²) in [5, 5.41) is 1.18. The van der Waals surface area contributed by atoms with Crippen LogP contribution in [0.2, 0.25) is 5.02 Å².